The maximum Gasteiger partial charge on any atom is 0.343 e. The Morgan fingerprint density at radius 2 is 2.00 bits per heavy atom. The molecule has 1 fully saturated rings. The molecule has 1 saturated heterocycles. The van der Waals surface area contributed by atoms with Crippen LogP contribution in [0.15, 0.2) is 52.7 Å². The van der Waals surface area contributed by atoms with E-state index in [1.165, 1.54) is 23.3 Å². The molecule has 1 aliphatic heterocycles. The molecule has 2 radical (unpaired) electrons. The Balaban J connectivity index is 2.42. The van der Waals surface area contributed by atoms with Crippen molar-refractivity contribution in [3.8, 4) is 0 Å². The Hall–Kier alpha value is -2.48. The topological polar surface area (TPSA) is 65.2 Å². The van der Waals surface area contributed by atoms with Gasteiger partial charge in [0, 0.05) is 18.8 Å². The highest BCUT2D eigenvalue weighted by Gasteiger charge is 2.37. The molecule has 6 nitrogen and oxygen atoms in total. The molecule has 2 rings (SSSR count). The second kappa shape index (κ2) is 8.69. The van der Waals surface area contributed by atoms with E-state index in [1.54, 1.807) is 22.0 Å². The number of rotatable bonds is 5. The number of nitrogens with two attached hydrogens (primary N) is 1. The maximum atomic E-state index is 13.2. The van der Waals surface area contributed by atoms with E-state index < -0.39 is 0 Å². The zero-order chi connectivity index (χ0) is 21.1. The van der Waals surface area contributed by atoms with Crippen LogP contribution in [0, 0.1) is 11.2 Å². The number of benzene rings is 1. The summed E-state index contributed by atoms with van der Waals surface area (Å²) in [6, 6.07) is 5.48. The van der Waals surface area contributed by atoms with E-state index in [0.29, 0.717) is 25.3 Å². The molecule has 0 aliphatic carbocycles. The van der Waals surface area contributed by atoms with E-state index in [4.69, 9.17) is 25.2 Å². The van der Waals surface area contributed by atoms with Gasteiger partial charge in [0.05, 0.1) is 6.54 Å². The van der Waals surface area contributed by atoms with Crippen molar-refractivity contribution in [3.63, 3.8) is 0 Å². The summed E-state index contributed by atoms with van der Waals surface area (Å²) >= 11 is 5.89. The third-order valence-electron chi connectivity index (χ3n) is 3.95. The fourth-order valence-corrected chi connectivity index (χ4v) is 2.87. The highest BCUT2D eigenvalue weighted by molar-refractivity contribution is 6.38. The number of hydrogen-bond acceptors (Lipinski definition) is 3. The minimum Gasteiger partial charge on any atom is -0.405 e. The number of hydrazine groups is 1. The quantitative estimate of drug-likeness (QED) is 0.355. The Kier molecular flexibility index (Phi) is 6.77. The normalized spacial score (nSPS) is 16.0. The number of halogens is 2. The Morgan fingerprint density at radius 1 is 1.39 bits per heavy atom. The average Bonchev–Trinajstić information content (AvgIpc) is 2.98. The predicted octanol–water partition coefficient (Wildman–Crippen LogP) is 3.41. The van der Waals surface area contributed by atoms with E-state index in [0.717, 1.165) is 0 Å². The predicted molar refractivity (Wildman–Crippen MR) is 112 cm³/mol. The van der Waals surface area contributed by atoms with E-state index in [2.05, 4.69) is 11.6 Å². The number of urea groups is 1. The third kappa shape index (κ3) is 5.28. The summed E-state index contributed by atoms with van der Waals surface area (Å²) in [7, 11) is 6.03. The number of hydrogen-bond donors (Lipinski definition) is 1. The van der Waals surface area contributed by atoms with Gasteiger partial charge in [-0.25, -0.2) is 19.2 Å². The lowest BCUT2D eigenvalue weighted by molar-refractivity contribution is 0.0746. The minimum absolute atomic E-state index is 0.0146. The molecular formula is C19H24BClFN5O. The van der Waals surface area contributed by atoms with Gasteiger partial charge in [-0.3, -0.25) is 9.91 Å². The summed E-state index contributed by atoms with van der Waals surface area (Å²) in [6.07, 6.45) is 1.20. The average molecular weight is 404 g/mol. The van der Waals surface area contributed by atoms with Crippen molar-refractivity contribution in [2.24, 2.45) is 16.1 Å². The van der Waals surface area contributed by atoms with Crippen LogP contribution in [0.5, 0.6) is 0 Å². The van der Waals surface area contributed by atoms with Gasteiger partial charge in [-0.05, 0) is 41.4 Å². The van der Waals surface area contributed by atoms with Gasteiger partial charge in [-0.15, -0.1) is 0 Å². The molecule has 1 aromatic carbocycles. The van der Waals surface area contributed by atoms with Crippen molar-refractivity contribution in [2.45, 2.75) is 20.8 Å². The minimum atomic E-state index is -0.363. The van der Waals surface area contributed by atoms with Crippen LogP contribution in [0.25, 0.3) is 0 Å². The molecule has 1 aliphatic rings. The third-order valence-corrected chi connectivity index (χ3v) is 4.03. The van der Waals surface area contributed by atoms with Crippen molar-refractivity contribution in [1.29, 1.82) is 0 Å². The van der Waals surface area contributed by atoms with Gasteiger partial charge in [-0.2, -0.15) is 0 Å². The van der Waals surface area contributed by atoms with Crippen LogP contribution in [0.2, 0.25) is 0 Å². The lowest BCUT2D eigenvalue weighted by Crippen LogP contribution is -2.52. The molecular weight excluding hydrogens is 380 g/mol. The Labute approximate surface area is 171 Å². The van der Waals surface area contributed by atoms with Crippen molar-refractivity contribution in [3.05, 3.63) is 53.5 Å². The summed E-state index contributed by atoms with van der Waals surface area (Å²) in [5.74, 6) is -0.121. The molecule has 2 N–H and O–H groups in total. The fraction of sp³-hybridized carbons (Fsp3) is 0.368. The number of aliphatic imine (C=N–C) groups is 1. The molecule has 1 heterocycles. The van der Waals surface area contributed by atoms with E-state index in [1.807, 2.05) is 20.8 Å². The van der Waals surface area contributed by atoms with Gasteiger partial charge in [-0.1, -0.05) is 39.0 Å². The number of amidine groups is 1. The summed E-state index contributed by atoms with van der Waals surface area (Å²) in [6.45, 7) is 10.9. The first-order valence-corrected chi connectivity index (χ1v) is 9.14. The Morgan fingerprint density at radius 3 is 2.50 bits per heavy atom. The molecule has 0 saturated carbocycles. The van der Waals surface area contributed by atoms with Crippen LogP contribution in [-0.2, 0) is 0 Å². The molecule has 1 aromatic rings. The Bertz CT molecular complexity index is 804. The van der Waals surface area contributed by atoms with Gasteiger partial charge >= 0.3 is 6.03 Å². The molecule has 0 unspecified atom stereocenters. The SMILES string of the molecule is [B]/C(=C/N)C(=NC(=C)Cl)N(CC(C)(C)C)N1CCN(c2ccc(F)cc2)C1=O. The summed E-state index contributed by atoms with van der Waals surface area (Å²) in [5, 5.41) is 3.21. The van der Waals surface area contributed by atoms with Crippen molar-refractivity contribution in [2.75, 3.05) is 24.5 Å². The first kappa shape index (κ1) is 21.8. The molecule has 0 bridgehead atoms. The molecule has 0 aromatic heterocycles. The monoisotopic (exact) mass is 403 g/mol. The van der Waals surface area contributed by atoms with Gasteiger partial charge in [0.1, 0.15) is 24.7 Å². The van der Waals surface area contributed by atoms with E-state index >= 15 is 0 Å². The van der Waals surface area contributed by atoms with Crippen LogP contribution < -0.4 is 10.6 Å². The lowest BCUT2D eigenvalue weighted by atomic mass is 9.92. The first-order valence-electron chi connectivity index (χ1n) is 8.76. The second-order valence-electron chi connectivity index (χ2n) is 7.59. The van der Waals surface area contributed by atoms with E-state index in [9.17, 15) is 9.18 Å². The van der Waals surface area contributed by atoms with Gasteiger partial charge in [0.25, 0.3) is 0 Å². The van der Waals surface area contributed by atoms with Crippen LogP contribution in [-0.4, -0.2) is 49.4 Å². The second-order valence-corrected chi connectivity index (χ2v) is 8.02. The van der Waals surface area contributed by atoms with Crippen molar-refractivity contribution >= 4 is 37.0 Å². The van der Waals surface area contributed by atoms with Crippen LogP contribution in [0.3, 0.4) is 0 Å². The molecule has 28 heavy (non-hydrogen) atoms. The zero-order valence-electron chi connectivity index (χ0n) is 16.3. The maximum absolute atomic E-state index is 13.2. The summed E-state index contributed by atoms with van der Waals surface area (Å²) in [5.41, 5.74) is 6.17. The van der Waals surface area contributed by atoms with Gasteiger partial charge in [0.15, 0.2) is 0 Å². The molecule has 9 heteroatoms. The van der Waals surface area contributed by atoms with Crippen molar-refractivity contribution in [1.82, 2.24) is 10.0 Å². The fourth-order valence-electron chi connectivity index (χ4n) is 2.79. The highest BCUT2D eigenvalue weighted by Crippen LogP contribution is 2.26. The highest BCUT2D eigenvalue weighted by atomic mass is 35.5. The molecule has 148 valence electrons. The van der Waals surface area contributed by atoms with Crippen LogP contribution >= 0.6 is 11.6 Å². The number of nitrogens with zero attached hydrogens (tertiary/aromatic N) is 4. The number of carbonyl (C=O) groups excluding carboxylic acids is 1. The number of amides is 2. The van der Waals surface area contributed by atoms with Gasteiger partial charge < -0.3 is 5.73 Å². The summed E-state index contributed by atoms with van der Waals surface area (Å²) < 4.78 is 13.2. The summed E-state index contributed by atoms with van der Waals surface area (Å²) in [4.78, 5) is 18.9. The van der Waals surface area contributed by atoms with Crippen LogP contribution in [0.4, 0.5) is 14.9 Å². The lowest BCUT2D eigenvalue weighted by Gasteiger charge is -2.38. The first-order chi connectivity index (χ1) is 13.0. The van der Waals surface area contributed by atoms with Crippen molar-refractivity contribution < 1.29 is 9.18 Å². The van der Waals surface area contributed by atoms with E-state index in [-0.39, 0.29) is 33.7 Å². The molecule has 2 amide bonds. The zero-order valence-corrected chi connectivity index (χ0v) is 17.1. The molecule has 0 spiro atoms. The van der Waals surface area contributed by atoms with Crippen LogP contribution in [0.1, 0.15) is 20.8 Å². The molecule has 0 atom stereocenters. The number of anilines is 1. The number of carbonyl (C=O) groups is 1. The smallest absolute Gasteiger partial charge is 0.343 e. The largest absolute Gasteiger partial charge is 0.405 e. The van der Waals surface area contributed by atoms with Gasteiger partial charge in [0.2, 0.25) is 0 Å². The standard InChI is InChI=1S/C19H24BClFN5O/c1-13(21)24-17(16(20)11-23)27(12-19(2,3)4)26-10-9-25(18(26)28)15-7-5-14(22)6-8-15/h5-8,11H,1,9-10,12,23H2,2-4H3/b16-11+,24-17?.